The number of rotatable bonds is 4. The molecular weight excluding hydrogens is 272 g/mol. The van der Waals surface area contributed by atoms with Gasteiger partial charge in [0.2, 0.25) is 5.09 Å². The van der Waals surface area contributed by atoms with E-state index in [1.807, 2.05) is 6.92 Å². The van der Waals surface area contributed by atoms with Crippen LogP contribution >= 0.6 is 11.8 Å². The standard InChI is InChI=1S/C11H18N2O3S2/c1-9-8-13(5-6-17-9)18(14,15)11-4-3-10(16-11)7-12-2/h3-4,9,12H,5-8H2,1-2H3. The van der Waals surface area contributed by atoms with Gasteiger partial charge >= 0.3 is 0 Å². The lowest BCUT2D eigenvalue weighted by atomic mass is 10.4. The summed E-state index contributed by atoms with van der Waals surface area (Å²) >= 11 is 1.80. The lowest BCUT2D eigenvalue weighted by Gasteiger charge is -2.28. The van der Waals surface area contributed by atoms with Gasteiger partial charge < -0.3 is 9.73 Å². The normalized spacial score (nSPS) is 22.2. The van der Waals surface area contributed by atoms with Gasteiger partial charge in [0.1, 0.15) is 5.76 Å². The average molecular weight is 290 g/mol. The van der Waals surface area contributed by atoms with Crippen LogP contribution in [-0.4, -0.2) is 43.9 Å². The zero-order chi connectivity index (χ0) is 13.2. The molecule has 1 atom stereocenters. The van der Waals surface area contributed by atoms with Gasteiger partial charge in [0.25, 0.3) is 10.0 Å². The summed E-state index contributed by atoms with van der Waals surface area (Å²) in [6.07, 6.45) is 0. The summed E-state index contributed by atoms with van der Waals surface area (Å²) in [5, 5.41) is 3.31. The van der Waals surface area contributed by atoms with Crippen molar-refractivity contribution in [3.63, 3.8) is 0 Å². The molecule has 0 aromatic carbocycles. The van der Waals surface area contributed by atoms with Crippen molar-refractivity contribution >= 4 is 21.8 Å². The third-order valence-electron chi connectivity index (χ3n) is 2.79. The molecule has 0 spiro atoms. The van der Waals surface area contributed by atoms with E-state index in [4.69, 9.17) is 4.42 Å². The molecule has 102 valence electrons. The van der Waals surface area contributed by atoms with Crippen LogP contribution in [0.1, 0.15) is 12.7 Å². The minimum Gasteiger partial charge on any atom is -0.447 e. The molecule has 0 aliphatic carbocycles. The second-order valence-electron chi connectivity index (χ2n) is 4.30. The van der Waals surface area contributed by atoms with Crippen molar-refractivity contribution < 1.29 is 12.8 Å². The van der Waals surface area contributed by atoms with Gasteiger partial charge in [-0.3, -0.25) is 0 Å². The van der Waals surface area contributed by atoms with Gasteiger partial charge in [-0.15, -0.1) is 0 Å². The number of sulfonamides is 1. The van der Waals surface area contributed by atoms with E-state index in [2.05, 4.69) is 5.32 Å². The van der Waals surface area contributed by atoms with Crippen LogP contribution in [0.4, 0.5) is 0 Å². The molecule has 1 saturated heterocycles. The van der Waals surface area contributed by atoms with Crippen molar-refractivity contribution in [2.24, 2.45) is 0 Å². The maximum atomic E-state index is 12.4. The van der Waals surface area contributed by atoms with Gasteiger partial charge in [0, 0.05) is 24.1 Å². The van der Waals surface area contributed by atoms with E-state index in [0.717, 1.165) is 5.75 Å². The fraction of sp³-hybridized carbons (Fsp3) is 0.636. The molecule has 0 radical (unpaired) electrons. The molecule has 2 rings (SSSR count). The SMILES string of the molecule is CNCc1ccc(S(=O)(=O)N2CCSC(C)C2)o1. The first kappa shape index (κ1) is 13.9. The van der Waals surface area contributed by atoms with Crippen molar-refractivity contribution in [3.05, 3.63) is 17.9 Å². The summed E-state index contributed by atoms with van der Waals surface area (Å²) in [4.78, 5) is 0. The monoisotopic (exact) mass is 290 g/mol. The Balaban J connectivity index is 2.18. The molecule has 1 aromatic heterocycles. The van der Waals surface area contributed by atoms with Crippen LogP contribution in [0.25, 0.3) is 0 Å². The van der Waals surface area contributed by atoms with E-state index >= 15 is 0 Å². The molecule has 0 amide bonds. The highest BCUT2D eigenvalue weighted by molar-refractivity contribution is 8.00. The summed E-state index contributed by atoms with van der Waals surface area (Å²) in [6.45, 7) is 3.68. The van der Waals surface area contributed by atoms with Crippen LogP contribution in [0, 0.1) is 0 Å². The van der Waals surface area contributed by atoms with Crippen LogP contribution < -0.4 is 5.32 Å². The van der Waals surface area contributed by atoms with Crippen LogP contribution in [0.15, 0.2) is 21.6 Å². The lowest BCUT2D eigenvalue weighted by Crippen LogP contribution is -2.40. The van der Waals surface area contributed by atoms with Crippen molar-refractivity contribution in [2.75, 3.05) is 25.9 Å². The van der Waals surface area contributed by atoms with Gasteiger partial charge in [0.15, 0.2) is 0 Å². The third kappa shape index (κ3) is 2.90. The summed E-state index contributed by atoms with van der Waals surface area (Å²) in [7, 11) is -1.67. The van der Waals surface area contributed by atoms with E-state index in [-0.39, 0.29) is 5.09 Å². The molecule has 1 unspecified atom stereocenters. The Morgan fingerprint density at radius 2 is 2.33 bits per heavy atom. The number of nitrogens with one attached hydrogen (secondary N) is 1. The first-order valence-electron chi connectivity index (χ1n) is 5.89. The molecule has 1 N–H and O–H groups in total. The van der Waals surface area contributed by atoms with Crippen molar-refractivity contribution in [1.82, 2.24) is 9.62 Å². The molecular formula is C11H18N2O3S2. The molecule has 1 aliphatic heterocycles. The van der Waals surface area contributed by atoms with Gasteiger partial charge in [-0.2, -0.15) is 16.1 Å². The van der Waals surface area contributed by atoms with E-state index in [1.54, 1.807) is 24.9 Å². The lowest BCUT2D eigenvalue weighted by molar-refractivity contribution is 0.369. The smallest absolute Gasteiger partial charge is 0.276 e. The number of nitrogens with zero attached hydrogens (tertiary/aromatic N) is 1. The second kappa shape index (κ2) is 5.64. The minimum atomic E-state index is -3.47. The number of hydrogen-bond donors (Lipinski definition) is 1. The molecule has 7 heteroatoms. The maximum Gasteiger partial charge on any atom is 0.276 e. The van der Waals surface area contributed by atoms with Crippen molar-refractivity contribution in [2.45, 2.75) is 23.8 Å². The number of furan rings is 1. The third-order valence-corrected chi connectivity index (χ3v) is 5.66. The fourth-order valence-corrected chi connectivity index (χ4v) is 4.58. The number of thioether (sulfide) groups is 1. The Hall–Kier alpha value is -0.500. The molecule has 5 nitrogen and oxygen atoms in total. The van der Waals surface area contributed by atoms with Gasteiger partial charge in [-0.25, -0.2) is 8.42 Å². The Morgan fingerprint density at radius 3 is 3.00 bits per heavy atom. The Kier molecular flexibility index (Phi) is 4.37. The molecule has 1 aromatic rings. The molecule has 1 fully saturated rings. The predicted octanol–water partition coefficient (Wildman–Crippen LogP) is 1.12. The van der Waals surface area contributed by atoms with Gasteiger partial charge in [-0.05, 0) is 19.2 Å². The summed E-state index contributed by atoms with van der Waals surface area (Å²) in [6, 6.07) is 3.24. The van der Waals surface area contributed by atoms with Crippen molar-refractivity contribution in [1.29, 1.82) is 0 Å². The van der Waals surface area contributed by atoms with Gasteiger partial charge in [-0.1, -0.05) is 6.92 Å². The summed E-state index contributed by atoms with van der Waals surface area (Å²) in [5.74, 6) is 1.47. The highest BCUT2D eigenvalue weighted by atomic mass is 32.2. The summed E-state index contributed by atoms with van der Waals surface area (Å²) < 4.78 is 31.6. The first-order chi connectivity index (χ1) is 8.54. The Morgan fingerprint density at radius 1 is 1.56 bits per heavy atom. The molecule has 0 bridgehead atoms. The number of hydrogen-bond acceptors (Lipinski definition) is 5. The van der Waals surface area contributed by atoms with Crippen LogP contribution in [0.5, 0.6) is 0 Å². The van der Waals surface area contributed by atoms with E-state index in [9.17, 15) is 8.42 Å². The average Bonchev–Trinajstić information content (AvgIpc) is 2.79. The summed E-state index contributed by atoms with van der Waals surface area (Å²) in [5.41, 5.74) is 0. The highest BCUT2D eigenvalue weighted by Crippen LogP contribution is 2.25. The van der Waals surface area contributed by atoms with E-state index in [1.165, 1.54) is 10.4 Å². The van der Waals surface area contributed by atoms with Crippen LogP contribution in [0.3, 0.4) is 0 Å². The zero-order valence-electron chi connectivity index (χ0n) is 10.5. The quantitative estimate of drug-likeness (QED) is 0.900. The van der Waals surface area contributed by atoms with E-state index in [0.29, 0.717) is 30.6 Å². The maximum absolute atomic E-state index is 12.4. The van der Waals surface area contributed by atoms with Crippen LogP contribution in [0.2, 0.25) is 0 Å². The first-order valence-corrected chi connectivity index (χ1v) is 8.38. The van der Waals surface area contributed by atoms with Crippen molar-refractivity contribution in [3.8, 4) is 0 Å². The minimum absolute atomic E-state index is 0.0480. The molecule has 18 heavy (non-hydrogen) atoms. The Labute approximate surface area is 112 Å². The van der Waals surface area contributed by atoms with Gasteiger partial charge in [0.05, 0.1) is 6.54 Å². The highest BCUT2D eigenvalue weighted by Gasteiger charge is 2.31. The zero-order valence-corrected chi connectivity index (χ0v) is 12.2. The fourth-order valence-electron chi connectivity index (χ4n) is 1.90. The second-order valence-corrected chi connectivity index (χ2v) is 7.71. The molecule has 2 heterocycles. The largest absolute Gasteiger partial charge is 0.447 e. The molecule has 1 aliphatic rings. The van der Waals surface area contributed by atoms with E-state index < -0.39 is 10.0 Å². The van der Waals surface area contributed by atoms with Crippen LogP contribution in [-0.2, 0) is 16.6 Å². The topological polar surface area (TPSA) is 62.6 Å². The molecule has 0 saturated carbocycles. The Bertz CT molecular complexity index is 498. The predicted molar refractivity (Wildman–Crippen MR) is 72.2 cm³/mol.